The SMILES string of the molecule is CNS(=O)(=O)c1cccc(C(=O)O[C@@H](C)C(=O)c2ccc(OC)cc2OC)c1. The molecule has 150 valence electrons. The van der Waals surface area contributed by atoms with Crippen molar-refractivity contribution in [2.45, 2.75) is 17.9 Å². The van der Waals surface area contributed by atoms with Gasteiger partial charge in [0.15, 0.2) is 6.10 Å². The highest BCUT2D eigenvalue weighted by molar-refractivity contribution is 7.89. The summed E-state index contributed by atoms with van der Waals surface area (Å²) >= 11 is 0. The zero-order chi connectivity index (χ0) is 20.9. The van der Waals surface area contributed by atoms with Gasteiger partial charge in [-0.2, -0.15) is 0 Å². The van der Waals surface area contributed by atoms with Gasteiger partial charge in [0.1, 0.15) is 11.5 Å². The molecule has 0 aliphatic heterocycles. The molecule has 1 N–H and O–H groups in total. The van der Waals surface area contributed by atoms with Gasteiger partial charge in [-0.1, -0.05) is 6.07 Å². The Balaban J connectivity index is 2.21. The van der Waals surface area contributed by atoms with Gasteiger partial charge in [-0.25, -0.2) is 17.9 Å². The summed E-state index contributed by atoms with van der Waals surface area (Å²) in [5.74, 6) is -0.483. The van der Waals surface area contributed by atoms with E-state index in [0.717, 1.165) is 0 Å². The minimum atomic E-state index is -3.71. The molecule has 0 aliphatic carbocycles. The minimum absolute atomic E-state index is 0.0117. The summed E-state index contributed by atoms with van der Waals surface area (Å²) in [6.07, 6.45) is -1.11. The molecule has 0 saturated heterocycles. The van der Waals surface area contributed by atoms with E-state index in [0.29, 0.717) is 5.75 Å². The number of benzene rings is 2. The number of ether oxygens (including phenoxy) is 3. The van der Waals surface area contributed by atoms with Crippen molar-refractivity contribution in [2.24, 2.45) is 0 Å². The van der Waals surface area contributed by atoms with Crippen molar-refractivity contribution in [3.63, 3.8) is 0 Å². The van der Waals surface area contributed by atoms with Gasteiger partial charge in [-0.05, 0) is 44.3 Å². The molecular weight excluding hydrogens is 386 g/mol. The van der Waals surface area contributed by atoms with Crippen molar-refractivity contribution in [1.82, 2.24) is 4.72 Å². The molecule has 0 aromatic heterocycles. The Bertz CT molecular complexity index is 986. The number of hydrogen-bond donors (Lipinski definition) is 1. The highest BCUT2D eigenvalue weighted by Gasteiger charge is 2.24. The van der Waals surface area contributed by atoms with E-state index in [9.17, 15) is 18.0 Å². The van der Waals surface area contributed by atoms with E-state index >= 15 is 0 Å². The number of hydrogen-bond acceptors (Lipinski definition) is 7. The van der Waals surface area contributed by atoms with Crippen LogP contribution in [0.3, 0.4) is 0 Å². The summed E-state index contributed by atoms with van der Waals surface area (Å²) in [7, 11) is 0.458. The van der Waals surface area contributed by atoms with Gasteiger partial charge < -0.3 is 14.2 Å². The quantitative estimate of drug-likeness (QED) is 0.527. The number of nitrogens with one attached hydrogen (secondary N) is 1. The molecule has 0 unspecified atom stereocenters. The van der Waals surface area contributed by atoms with Crippen LogP contribution in [0.1, 0.15) is 27.6 Å². The van der Waals surface area contributed by atoms with Crippen LogP contribution in [0.15, 0.2) is 47.4 Å². The summed E-state index contributed by atoms with van der Waals surface area (Å²) < 4.78 is 41.4. The lowest BCUT2D eigenvalue weighted by molar-refractivity contribution is 0.0317. The van der Waals surface area contributed by atoms with Gasteiger partial charge in [0.2, 0.25) is 15.8 Å². The average Bonchev–Trinajstić information content (AvgIpc) is 2.72. The smallest absolute Gasteiger partial charge is 0.338 e. The third kappa shape index (κ3) is 4.68. The van der Waals surface area contributed by atoms with Crippen LogP contribution >= 0.6 is 0 Å². The molecule has 1 atom stereocenters. The van der Waals surface area contributed by atoms with Gasteiger partial charge in [-0.3, -0.25) is 4.79 Å². The number of esters is 1. The van der Waals surface area contributed by atoms with E-state index < -0.39 is 27.9 Å². The predicted octanol–water partition coefficient (Wildman–Crippen LogP) is 2.04. The van der Waals surface area contributed by atoms with Crippen LogP contribution in [0.5, 0.6) is 11.5 Å². The van der Waals surface area contributed by atoms with Crippen LogP contribution in [0.4, 0.5) is 0 Å². The Hall–Kier alpha value is -2.91. The van der Waals surface area contributed by atoms with E-state index in [4.69, 9.17) is 14.2 Å². The topological polar surface area (TPSA) is 108 Å². The van der Waals surface area contributed by atoms with E-state index in [1.165, 1.54) is 58.5 Å². The van der Waals surface area contributed by atoms with Gasteiger partial charge in [0.25, 0.3) is 0 Å². The lowest BCUT2D eigenvalue weighted by Gasteiger charge is -2.15. The maximum atomic E-state index is 12.7. The Labute approximate surface area is 163 Å². The van der Waals surface area contributed by atoms with Crippen LogP contribution in [0.25, 0.3) is 0 Å². The van der Waals surface area contributed by atoms with Gasteiger partial charge in [0.05, 0.1) is 30.2 Å². The van der Waals surface area contributed by atoms with Crippen LogP contribution in [0.2, 0.25) is 0 Å². The second-order valence-corrected chi connectivity index (χ2v) is 7.60. The number of sulfonamides is 1. The van der Waals surface area contributed by atoms with Crippen LogP contribution in [-0.4, -0.2) is 47.5 Å². The maximum absolute atomic E-state index is 12.7. The van der Waals surface area contributed by atoms with E-state index in [1.54, 1.807) is 12.1 Å². The van der Waals surface area contributed by atoms with Crippen LogP contribution < -0.4 is 14.2 Å². The number of carbonyl (C=O) groups is 2. The first-order valence-electron chi connectivity index (χ1n) is 8.24. The predicted molar refractivity (Wildman–Crippen MR) is 101 cm³/mol. The van der Waals surface area contributed by atoms with E-state index in [2.05, 4.69) is 4.72 Å². The first-order chi connectivity index (χ1) is 13.2. The fourth-order valence-electron chi connectivity index (χ4n) is 2.41. The van der Waals surface area contributed by atoms with E-state index in [-0.39, 0.29) is 21.8 Å². The summed E-state index contributed by atoms with van der Waals surface area (Å²) in [6, 6.07) is 10.0. The lowest BCUT2D eigenvalue weighted by atomic mass is 10.1. The summed E-state index contributed by atoms with van der Waals surface area (Å²) in [5.41, 5.74) is 0.243. The van der Waals surface area contributed by atoms with Crippen molar-refractivity contribution >= 4 is 21.8 Å². The Morgan fingerprint density at radius 1 is 1.04 bits per heavy atom. The minimum Gasteiger partial charge on any atom is -0.497 e. The molecule has 8 nitrogen and oxygen atoms in total. The van der Waals surface area contributed by atoms with Crippen molar-refractivity contribution in [3.8, 4) is 11.5 Å². The molecule has 0 heterocycles. The summed E-state index contributed by atoms with van der Waals surface area (Å²) in [5, 5.41) is 0. The Morgan fingerprint density at radius 3 is 2.36 bits per heavy atom. The fraction of sp³-hybridized carbons (Fsp3) is 0.263. The van der Waals surface area contributed by atoms with Gasteiger partial charge in [0, 0.05) is 6.07 Å². The van der Waals surface area contributed by atoms with Crippen molar-refractivity contribution < 1.29 is 32.2 Å². The molecule has 9 heteroatoms. The van der Waals surface area contributed by atoms with Crippen LogP contribution in [-0.2, 0) is 14.8 Å². The number of rotatable bonds is 8. The molecule has 0 bridgehead atoms. The number of ketones is 1. The number of Topliss-reactive ketones (excluding diaryl/α,β-unsaturated/α-hetero) is 1. The standard InChI is InChI=1S/C19H21NO7S/c1-12(18(21)16-9-8-14(25-3)11-17(16)26-4)27-19(22)13-6-5-7-15(10-13)28(23,24)20-2/h5-12,20H,1-4H3/t12-/m0/s1. The fourth-order valence-corrected chi connectivity index (χ4v) is 3.19. The molecule has 0 saturated carbocycles. The maximum Gasteiger partial charge on any atom is 0.338 e. The molecule has 0 spiro atoms. The van der Waals surface area contributed by atoms with Crippen molar-refractivity contribution in [3.05, 3.63) is 53.6 Å². The molecule has 2 rings (SSSR count). The molecule has 0 aliphatic rings. The lowest BCUT2D eigenvalue weighted by Crippen LogP contribution is -2.25. The van der Waals surface area contributed by atoms with E-state index in [1.807, 2.05) is 0 Å². The normalized spacial score (nSPS) is 12.1. The Morgan fingerprint density at radius 2 is 1.75 bits per heavy atom. The Kier molecular flexibility index (Phi) is 6.76. The molecule has 0 radical (unpaired) electrons. The largest absolute Gasteiger partial charge is 0.497 e. The van der Waals surface area contributed by atoms with Gasteiger partial charge in [-0.15, -0.1) is 0 Å². The second-order valence-electron chi connectivity index (χ2n) is 5.71. The molecule has 2 aromatic rings. The molecular formula is C19H21NO7S. The number of methoxy groups -OCH3 is 2. The molecule has 28 heavy (non-hydrogen) atoms. The first kappa shape index (κ1) is 21.4. The third-order valence-electron chi connectivity index (χ3n) is 3.98. The molecule has 2 aromatic carbocycles. The summed E-state index contributed by atoms with van der Waals surface area (Å²) in [4.78, 5) is 24.9. The van der Waals surface area contributed by atoms with Crippen LogP contribution in [0, 0.1) is 0 Å². The second kappa shape index (κ2) is 8.85. The summed E-state index contributed by atoms with van der Waals surface area (Å²) in [6.45, 7) is 1.43. The highest BCUT2D eigenvalue weighted by atomic mass is 32.2. The first-order valence-corrected chi connectivity index (χ1v) is 9.72. The number of carbonyl (C=O) groups excluding carboxylic acids is 2. The molecule has 0 fully saturated rings. The monoisotopic (exact) mass is 407 g/mol. The molecule has 0 amide bonds. The third-order valence-corrected chi connectivity index (χ3v) is 5.39. The van der Waals surface area contributed by atoms with Crippen molar-refractivity contribution in [2.75, 3.05) is 21.3 Å². The van der Waals surface area contributed by atoms with Crippen molar-refractivity contribution in [1.29, 1.82) is 0 Å². The highest BCUT2D eigenvalue weighted by Crippen LogP contribution is 2.26. The van der Waals surface area contributed by atoms with Gasteiger partial charge >= 0.3 is 5.97 Å². The average molecular weight is 407 g/mol. The zero-order valence-corrected chi connectivity index (χ0v) is 16.7. The zero-order valence-electron chi connectivity index (χ0n) is 15.9.